The van der Waals surface area contributed by atoms with E-state index in [0.29, 0.717) is 12.8 Å². The number of nitrogens with zero attached hydrogens (tertiary/aromatic N) is 1. The molecule has 1 aliphatic carbocycles. The smallest absolute Gasteiger partial charge is 0.318 e. The third-order valence-electron chi connectivity index (χ3n) is 5.27. The summed E-state index contributed by atoms with van der Waals surface area (Å²) in [5.74, 6) is -1.18. The van der Waals surface area contributed by atoms with Gasteiger partial charge in [0.1, 0.15) is 5.41 Å². The molecule has 138 valence electrons. The summed E-state index contributed by atoms with van der Waals surface area (Å²) in [6, 6.07) is 6.94. The monoisotopic (exact) mass is 375 g/mol. The number of rotatable bonds is 3. The molecule has 0 radical (unpaired) electrons. The molecule has 0 bridgehead atoms. The summed E-state index contributed by atoms with van der Waals surface area (Å²) in [4.78, 5) is 25.3. The Morgan fingerprint density at radius 1 is 1.19 bits per heavy atom. The van der Waals surface area contributed by atoms with E-state index in [1.807, 2.05) is 13.8 Å². The van der Waals surface area contributed by atoms with Gasteiger partial charge < -0.3 is 4.74 Å². The Bertz CT molecular complexity index is 917. The second kappa shape index (κ2) is 6.39. The van der Waals surface area contributed by atoms with Gasteiger partial charge in [-0.1, -0.05) is 35.4 Å². The standard InChI is InChI=1S/C19H21NO5S/c1-13-11-16-19(12-14(13)2,18(22)25-3)10-9-17(21)20(16)26(23,24)15-7-5-4-6-8-15/h4-10,16H,11-12H2,1-3H3/t16-,19-/m0/s1. The van der Waals surface area contributed by atoms with Crippen LogP contribution < -0.4 is 0 Å². The summed E-state index contributed by atoms with van der Waals surface area (Å²) in [5, 5.41) is 0. The van der Waals surface area contributed by atoms with E-state index < -0.39 is 33.4 Å². The molecule has 0 N–H and O–H groups in total. The Labute approximate surface area is 153 Å². The van der Waals surface area contributed by atoms with Crippen molar-refractivity contribution < 1.29 is 22.7 Å². The number of fused-ring (bicyclic) bond motifs is 1. The van der Waals surface area contributed by atoms with Gasteiger partial charge in [-0.25, -0.2) is 12.7 Å². The highest BCUT2D eigenvalue weighted by Crippen LogP contribution is 2.47. The number of ether oxygens (including phenoxy) is 1. The summed E-state index contributed by atoms with van der Waals surface area (Å²) < 4.78 is 32.2. The average Bonchev–Trinajstić information content (AvgIpc) is 2.63. The zero-order valence-corrected chi connectivity index (χ0v) is 15.7. The molecule has 1 aromatic carbocycles. The lowest BCUT2D eigenvalue weighted by atomic mass is 9.67. The van der Waals surface area contributed by atoms with Crippen molar-refractivity contribution in [2.75, 3.05) is 7.11 Å². The minimum absolute atomic E-state index is 0.0198. The van der Waals surface area contributed by atoms with Crippen molar-refractivity contribution >= 4 is 21.9 Å². The maximum absolute atomic E-state index is 13.2. The molecule has 1 aliphatic heterocycles. The van der Waals surface area contributed by atoms with Gasteiger partial charge in [-0.05, 0) is 38.8 Å². The SMILES string of the molecule is COC(=O)[C@]12C=CC(=O)N(S(=O)(=O)c3ccccc3)[C@H]1CC(C)=C(C)C2. The summed E-state index contributed by atoms with van der Waals surface area (Å²) >= 11 is 0. The maximum atomic E-state index is 13.2. The minimum atomic E-state index is -4.10. The summed E-state index contributed by atoms with van der Waals surface area (Å²) in [5.41, 5.74) is 0.780. The number of carbonyl (C=O) groups excluding carboxylic acids is 2. The minimum Gasteiger partial charge on any atom is -0.468 e. The number of hydrogen-bond acceptors (Lipinski definition) is 5. The molecule has 0 saturated carbocycles. The van der Waals surface area contributed by atoms with Crippen LogP contribution in [0.4, 0.5) is 0 Å². The predicted molar refractivity (Wildman–Crippen MR) is 95.5 cm³/mol. The maximum Gasteiger partial charge on any atom is 0.318 e. The zero-order valence-electron chi connectivity index (χ0n) is 14.9. The lowest BCUT2D eigenvalue weighted by Crippen LogP contribution is -2.59. The van der Waals surface area contributed by atoms with Gasteiger partial charge in [-0.3, -0.25) is 9.59 Å². The normalized spacial score (nSPS) is 25.9. The van der Waals surface area contributed by atoms with Gasteiger partial charge in [0.2, 0.25) is 0 Å². The summed E-state index contributed by atoms with van der Waals surface area (Å²) in [6.45, 7) is 3.81. The predicted octanol–water partition coefficient (Wildman–Crippen LogP) is 2.43. The zero-order chi connectivity index (χ0) is 19.1. The van der Waals surface area contributed by atoms with Gasteiger partial charge in [-0.2, -0.15) is 0 Å². The van der Waals surface area contributed by atoms with Crippen LogP contribution in [0.1, 0.15) is 26.7 Å². The van der Waals surface area contributed by atoms with Crippen LogP contribution in [0, 0.1) is 5.41 Å². The van der Waals surface area contributed by atoms with Crippen molar-refractivity contribution in [3.8, 4) is 0 Å². The first kappa shape index (κ1) is 18.4. The van der Waals surface area contributed by atoms with Crippen LogP contribution in [0.2, 0.25) is 0 Å². The fourth-order valence-corrected chi connectivity index (χ4v) is 5.34. The Morgan fingerprint density at radius 2 is 1.85 bits per heavy atom. The fraction of sp³-hybridized carbons (Fsp3) is 0.368. The van der Waals surface area contributed by atoms with Crippen LogP contribution >= 0.6 is 0 Å². The molecule has 1 aromatic rings. The second-order valence-electron chi connectivity index (χ2n) is 6.77. The van der Waals surface area contributed by atoms with Gasteiger partial charge in [0.15, 0.2) is 0 Å². The number of esters is 1. The van der Waals surface area contributed by atoms with E-state index in [0.717, 1.165) is 15.5 Å². The van der Waals surface area contributed by atoms with Gasteiger partial charge >= 0.3 is 5.97 Å². The highest BCUT2D eigenvalue weighted by atomic mass is 32.2. The Balaban J connectivity index is 2.20. The van der Waals surface area contributed by atoms with Crippen molar-refractivity contribution in [1.29, 1.82) is 0 Å². The van der Waals surface area contributed by atoms with Gasteiger partial charge in [0, 0.05) is 6.08 Å². The van der Waals surface area contributed by atoms with E-state index in [1.54, 1.807) is 18.2 Å². The van der Waals surface area contributed by atoms with E-state index in [4.69, 9.17) is 4.74 Å². The Kier molecular flexibility index (Phi) is 4.52. The van der Waals surface area contributed by atoms with Crippen LogP contribution in [0.25, 0.3) is 0 Å². The summed E-state index contributed by atoms with van der Waals surface area (Å²) in [6.07, 6.45) is 3.30. The molecule has 3 rings (SSSR count). The Morgan fingerprint density at radius 3 is 2.46 bits per heavy atom. The van der Waals surface area contributed by atoms with Crippen LogP contribution in [0.5, 0.6) is 0 Å². The largest absolute Gasteiger partial charge is 0.468 e. The van der Waals surface area contributed by atoms with Crippen LogP contribution in [-0.2, 0) is 24.3 Å². The molecule has 6 nitrogen and oxygen atoms in total. The number of carbonyl (C=O) groups is 2. The molecule has 0 fully saturated rings. The third kappa shape index (κ3) is 2.67. The van der Waals surface area contributed by atoms with Crippen molar-refractivity contribution in [2.24, 2.45) is 5.41 Å². The van der Waals surface area contributed by atoms with E-state index in [-0.39, 0.29) is 4.90 Å². The van der Waals surface area contributed by atoms with Crippen molar-refractivity contribution in [1.82, 2.24) is 4.31 Å². The van der Waals surface area contributed by atoms with Gasteiger partial charge in [0.05, 0.1) is 18.0 Å². The molecule has 1 heterocycles. The van der Waals surface area contributed by atoms with E-state index >= 15 is 0 Å². The summed E-state index contributed by atoms with van der Waals surface area (Å²) in [7, 11) is -2.83. The lowest BCUT2D eigenvalue weighted by molar-refractivity contribution is -0.154. The number of hydrogen-bond donors (Lipinski definition) is 0. The Hall–Kier alpha value is -2.41. The lowest BCUT2D eigenvalue weighted by Gasteiger charge is -2.47. The molecule has 7 heteroatoms. The molecule has 0 unspecified atom stereocenters. The molecule has 0 spiro atoms. The molecular formula is C19H21NO5S. The first-order valence-electron chi connectivity index (χ1n) is 8.30. The van der Waals surface area contributed by atoms with E-state index in [2.05, 4.69) is 0 Å². The number of benzene rings is 1. The van der Waals surface area contributed by atoms with Crippen LogP contribution in [-0.4, -0.2) is 37.8 Å². The van der Waals surface area contributed by atoms with Gasteiger partial charge in [0.25, 0.3) is 15.9 Å². The van der Waals surface area contributed by atoms with Gasteiger partial charge in [-0.15, -0.1) is 0 Å². The highest BCUT2D eigenvalue weighted by Gasteiger charge is 2.55. The van der Waals surface area contributed by atoms with E-state index in [9.17, 15) is 18.0 Å². The topological polar surface area (TPSA) is 80.8 Å². The third-order valence-corrected chi connectivity index (χ3v) is 7.09. The molecule has 0 saturated heterocycles. The molecule has 0 aromatic heterocycles. The first-order valence-corrected chi connectivity index (χ1v) is 9.74. The highest BCUT2D eigenvalue weighted by molar-refractivity contribution is 7.89. The quantitative estimate of drug-likeness (QED) is 0.599. The van der Waals surface area contributed by atoms with Crippen molar-refractivity contribution in [3.05, 3.63) is 53.6 Å². The number of amides is 1. The average molecular weight is 375 g/mol. The van der Waals surface area contributed by atoms with Crippen molar-refractivity contribution in [2.45, 2.75) is 37.6 Å². The molecular weight excluding hydrogens is 354 g/mol. The fourth-order valence-electron chi connectivity index (χ4n) is 3.72. The molecule has 1 amide bonds. The first-order chi connectivity index (χ1) is 12.2. The number of sulfonamides is 1. The van der Waals surface area contributed by atoms with Crippen LogP contribution in [0.3, 0.4) is 0 Å². The van der Waals surface area contributed by atoms with Crippen molar-refractivity contribution in [3.63, 3.8) is 0 Å². The molecule has 26 heavy (non-hydrogen) atoms. The number of allylic oxidation sites excluding steroid dienone is 1. The van der Waals surface area contributed by atoms with Crippen LogP contribution in [0.15, 0.2) is 58.5 Å². The van der Waals surface area contributed by atoms with E-state index in [1.165, 1.54) is 31.4 Å². The second-order valence-corrected chi connectivity index (χ2v) is 8.59. The number of methoxy groups -OCH3 is 1. The molecule has 2 atom stereocenters. The molecule has 2 aliphatic rings.